The van der Waals surface area contributed by atoms with Crippen molar-refractivity contribution < 1.29 is 23.1 Å². The summed E-state index contributed by atoms with van der Waals surface area (Å²) in [5.41, 5.74) is -0.251. The van der Waals surface area contributed by atoms with Crippen molar-refractivity contribution in [1.29, 1.82) is 0 Å². The summed E-state index contributed by atoms with van der Waals surface area (Å²) in [6.07, 6.45) is 1.70. The molecule has 2 rings (SSSR count). The Morgan fingerprint density at radius 1 is 1.20 bits per heavy atom. The molecular formula is C18H21ClO5S. The lowest BCUT2D eigenvalue weighted by Crippen LogP contribution is -2.32. The Morgan fingerprint density at radius 3 is 2.16 bits per heavy atom. The van der Waals surface area contributed by atoms with Crippen LogP contribution in [0.3, 0.4) is 0 Å². The van der Waals surface area contributed by atoms with E-state index in [1.54, 1.807) is 6.92 Å². The molecule has 0 bridgehead atoms. The number of rotatable bonds is 3. The number of aliphatic hydroxyl groups is 1. The molecule has 0 saturated heterocycles. The average Bonchev–Trinajstić information content (AvgIpc) is 2.43. The second kappa shape index (κ2) is 6.57. The molecule has 0 aromatic heterocycles. The first kappa shape index (κ1) is 19.7. The molecule has 0 atom stereocenters. The first-order chi connectivity index (χ1) is 11.4. The number of benzene rings is 1. The van der Waals surface area contributed by atoms with Gasteiger partial charge in [-0.15, -0.1) is 0 Å². The van der Waals surface area contributed by atoms with Crippen LogP contribution in [0.1, 0.15) is 44.7 Å². The molecule has 25 heavy (non-hydrogen) atoms. The van der Waals surface area contributed by atoms with Gasteiger partial charge in [0.15, 0.2) is 21.4 Å². The fourth-order valence-corrected chi connectivity index (χ4v) is 4.58. The third kappa shape index (κ3) is 3.80. The fraction of sp³-hybridized carbons (Fsp3) is 0.444. The number of sulfone groups is 1. The summed E-state index contributed by atoms with van der Waals surface area (Å²) in [6.45, 7) is 5.38. The van der Waals surface area contributed by atoms with Gasteiger partial charge in [0.1, 0.15) is 11.3 Å². The molecule has 1 N–H and O–H groups in total. The van der Waals surface area contributed by atoms with E-state index in [0.717, 1.165) is 6.26 Å². The number of allylic oxidation sites excluding steroid dienone is 1. The lowest BCUT2D eigenvalue weighted by atomic mass is 9.73. The van der Waals surface area contributed by atoms with E-state index in [-0.39, 0.29) is 33.9 Å². The van der Waals surface area contributed by atoms with E-state index in [2.05, 4.69) is 0 Å². The van der Waals surface area contributed by atoms with Crippen molar-refractivity contribution in [3.8, 4) is 0 Å². The molecule has 1 saturated carbocycles. The lowest BCUT2D eigenvalue weighted by Gasteiger charge is -2.29. The molecule has 0 amide bonds. The van der Waals surface area contributed by atoms with Crippen molar-refractivity contribution in [2.45, 2.75) is 44.9 Å². The van der Waals surface area contributed by atoms with Gasteiger partial charge in [0, 0.05) is 24.7 Å². The minimum Gasteiger partial charge on any atom is -0.506 e. The summed E-state index contributed by atoms with van der Waals surface area (Å²) in [7, 11) is -3.49. The number of halogens is 1. The molecule has 1 aromatic rings. The highest BCUT2D eigenvalue weighted by Crippen LogP contribution is 2.38. The Hall–Kier alpha value is -1.66. The average molecular weight is 385 g/mol. The summed E-state index contributed by atoms with van der Waals surface area (Å²) in [6, 6.07) is 2.67. The molecule has 0 heterocycles. The van der Waals surface area contributed by atoms with Crippen molar-refractivity contribution >= 4 is 38.8 Å². The number of carbonyl (C=O) groups excluding carboxylic acids is 2. The SMILES string of the molecule is CCc1c(S(C)(=O)=O)ccc(C(O)=C2C(=O)CC(C)(C)CC2=O)c1Cl. The van der Waals surface area contributed by atoms with Crippen LogP contribution in [0, 0.1) is 5.41 Å². The van der Waals surface area contributed by atoms with E-state index >= 15 is 0 Å². The molecule has 7 heteroatoms. The van der Waals surface area contributed by atoms with E-state index in [4.69, 9.17) is 11.6 Å². The Bertz CT molecular complexity index is 872. The maximum absolute atomic E-state index is 12.3. The van der Waals surface area contributed by atoms with Gasteiger partial charge in [0.05, 0.1) is 9.92 Å². The van der Waals surface area contributed by atoms with Crippen LogP contribution in [0.4, 0.5) is 0 Å². The Kier molecular flexibility index (Phi) is 5.17. The number of Topliss-reactive ketones (excluding diaryl/α,β-unsaturated/α-hetero) is 2. The highest BCUT2D eigenvalue weighted by atomic mass is 35.5. The van der Waals surface area contributed by atoms with Gasteiger partial charge in [-0.05, 0) is 29.5 Å². The summed E-state index contributed by atoms with van der Waals surface area (Å²) >= 11 is 6.30. The van der Waals surface area contributed by atoms with E-state index in [9.17, 15) is 23.1 Å². The summed E-state index contributed by atoms with van der Waals surface area (Å²) in [5.74, 6) is -1.34. The van der Waals surface area contributed by atoms with Gasteiger partial charge in [-0.1, -0.05) is 32.4 Å². The van der Waals surface area contributed by atoms with Crippen molar-refractivity contribution in [3.05, 3.63) is 33.9 Å². The normalized spacial score (nSPS) is 17.7. The predicted molar refractivity (Wildman–Crippen MR) is 96.5 cm³/mol. The standard InChI is InChI=1S/C18H21ClO5S/c1-5-10-14(25(4,23)24)7-6-11(16(10)19)17(22)15-12(20)8-18(2,3)9-13(15)21/h6-7,22H,5,8-9H2,1-4H3. The van der Waals surface area contributed by atoms with Gasteiger partial charge in [-0.2, -0.15) is 0 Å². The first-order valence-electron chi connectivity index (χ1n) is 7.90. The summed E-state index contributed by atoms with van der Waals surface area (Å²) in [4.78, 5) is 24.8. The van der Waals surface area contributed by atoms with Gasteiger partial charge < -0.3 is 5.11 Å². The minimum atomic E-state index is -3.49. The molecular weight excluding hydrogens is 364 g/mol. The zero-order chi connectivity index (χ0) is 19.2. The second-order valence-corrected chi connectivity index (χ2v) is 9.48. The maximum Gasteiger partial charge on any atom is 0.175 e. The smallest absolute Gasteiger partial charge is 0.175 e. The monoisotopic (exact) mass is 384 g/mol. The molecule has 0 spiro atoms. The molecule has 0 unspecified atom stereocenters. The second-order valence-electron chi connectivity index (χ2n) is 7.12. The number of hydrogen-bond donors (Lipinski definition) is 1. The van der Waals surface area contributed by atoms with Gasteiger partial charge in [0.25, 0.3) is 0 Å². The van der Waals surface area contributed by atoms with Crippen molar-refractivity contribution in [2.24, 2.45) is 5.41 Å². The number of hydrogen-bond acceptors (Lipinski definition) is 5. The van der Waals surface area contributed by atoms with Crippen LogP contribution in [0.15, 0.2) is 22.6 Å². The van der Waals surface area contributed by atoms with E-state index in [1.807, 2.05) is 13.8 Å². The maximum atomic E-state index is 12.3. The van der Waals surface area contributed by atoms with Crippen LogP contribution in [-0.4, -0.2) is 31.3 Å². The van der Waals surface area contributed by atoms with Crippen molar-refractivity contribution in [2.75, 3.05) is 6.26 Å². The van der Waals surface area contributed by atoms with Crippen LogP contribution in [0.25, 0.3) is 5.76 Å². The number of ketones is 2. The Balaban J connectivity index is 2.66. The number of carbonyl (C=O) groups is 2. The molecule has 0 aliphatic heterocycles. The Labute approximate surface area is 152 Å². The fourth-order valence-electron chi connectivity index (χ4n) is 3.13. The van der Waals surface area contributed by atoms with Gasteiger partial charge in [-0.3, -0.25) is 9.59 Å². The zero-order valence-corrected chi connectivity index (χ0v) is 16.2. The quantitative estimate of drug-likeness (QED) is 0.489. The molecule has 1 fully saturated rings. The van der Waals surface area contributed by atoms with Gasteiger partial charge in [0.2, 0.25) is 0 Å². The topological polar surface area (TPSA) is 88.5 Å². The molecule has 1 aromatic carbocycles. The third-order valence-electron chi connectivity index (χ3n) is 4.28. The first-order valence-corrected chi connectivity index (χ1v) is 10.2. The highest BCUT2D eigenvalue weighted by Gasteiger charge is 2.38. The summed E-state index contributed by atoms with van der Waals surface area (Å²) in [5, 5.41) is 10.6. The number of aliphatic hydroxyl groups excluding tert-OH is 1. The zero-order valence-electron chi connectivity index (χ0n) is 14.6. The van der Waals surface area contributed by atoms with E-state index < -0.39 is 32.6 Å². The largest absolute Gasteiger partial charge is 0.506 e. The van der Waals surface area contributed by atoms with Gasteiger partial charge in [-0.25, -0.2) is 8.42 Å². The van der Waals surface area contributed by atoms with Crippen LogP contribution in [0.2, 0.25) is 5.02 Å². The third-order valence-corrected chi connectivity index (χ3v) is 5.89. The van der Waals surface area contributed by atoms with Crippen LogP contribution >= 0.6 is 11.6 Å². The Morgan fingerprint density at radius 2 is 1.72 bits per heavy atom. The summed E-state index contributed by atoms with van der Waals surface area (Å²) < 4.78 is 23.8. The highest BCUT2D eigenvalue weighted by molar-refractivity contribution is 7.90. The van der Waals surface area contributed by atoms with Crippen LogP contribution in [-0.2, 0) is 25.8 Å². The molecule has 136 valence electrons. The minimum absolute atomic E-state index is 0.0425. The molecule has 1 aliphatic carbocycles. The van der Waals surface area contributed by atoms with E-state index in [0.29, 0.717) is 12.0 Å². The molecule has 5 nitrogen and oxygen atoms in total. The lowest BCUT2D eigenvalue weighted by molar-refractivity contribution is -0.127. The van der Waals surface area contributed by atoms with Crippen LogP contribution < -0.4 is 0 Å². The van der Waals surface area contributed by atoms with Crippen molar-refractivity contribution in [1.82, 2.24) is 0 Å². The molecule has 1 aliphatic rings. The predicted octanol–water partition coefficient (Wildman–Crippen LogP) is 3.53. The van der Waals surface area contributed by atoms with Crippen LogP contribution in [0.5, 0.6) is 0 Å². The molecule has 0 radical (unpaired) electrons. The van der Waals surface area contributed by atoms with E-state index in [1.165, 1.54) is 12.1 Å². The van der Waals surface area contributed by atoms with Gasteiger partial charge >= 0.3 is 0 Å². The van der Waals surface area contributed by atoms with Crippen molar-refractivity contribution in [3.63, 3.8) is 0 Å².